The summed E-state index contributed by atoms with van der Waals surface area (Å²) in [5, 5.41) is 7.18. The molecule has 7 heteroatoms. The molecule has 6 nitrogen and oxygen atoms in total. The van der Waals surface area contributed by atoms with Crippen molar-refractivity contribution in [1.29, 1.82) is 0 Å². The van der Waals surface area contributed by atoms with Crippen LogP contribution in [-0.4, -0.2) is 27.6 Å². The molecule has 0 aliphatic carbocycles. The Morgan fingerprint density at radius 1 is 1.00 bits per heavy atom. The molecule has 2 aromatic heterocycles. The first-order valence-corrected chi connectivity index (χ1v) is 8.91. The van der Waals surface area contributed by atoms with Crippen LogP contribution in [0, 0.1) is 0 Å². The zero-order chi connectivity index (χ0) is 19.4. The first-order chi connectivity index (χ1) is 12.8. The van der Waals surface area contributed by atoms with E-state index in [1.807, 2.05) is 24.3 Å². The van der Waals surface area contributed by atoms with Gasteiger partial charge in [-0.25, -0.2) is 4.98 Å². The fourth-order valence-corrected chi connectivity index (χ4v) is 2.64. The summed E-state index contributed by atoms with van der Waals surface area (Å²) >= 11 is 6.13. The Hall–Kier alpha value is -2.86. The number of hydrogen-bond acceptors (Lipinski definition) is 6. The third-order valence-corrected chi connectivity index (χ3v) is 3.80. The highest BCUT2D eigenvalue weighted by molar-refractivity contribution is 6.31. The summed E-state index contributed by atoms with van der Waals surface area (Å²) in [7, 11) is 1.61. The van der Waals surface area contributed by atoms with E-state index in [0.29, 0.717) is 28.2 Å². The molecule has 3 rings (SSSR count). The lowest BCUT2D eigenvalue weighted by atomic mass is 10.1. The number of benzene rings is 1. The highest BCUT2D eigenvalue weighted by Crippen LogP contribution is 2.31. The number of methoxy groups -OCH3 is 1. The van der Waals surface area contributed by atoms with E-state index >= 15 is 0 Å². The zero-order valence-corrected chi connectivity index (χ0v) is 16.5. The highest BCUT2D eigenvalue weighted by Gasteiger charge is 2.15. The second-order valence-electron chi connectivity index (χ2n) is 7.02. The number of halogens is 1. The molecule has 0 saturated carbocycles. The maximum absolute atomic E-state index is 6.13. The number of nitrogens with one attached hydrogen (secondary N) is 2. The minimum atomic E-state index is -0.187. The zero-order valence-electron chi connectivity index (χ0n) is 15.7. The van der Waals surface area contributed by atoms with Gasteiger partial charge in [-0.2, -0.15) is 4.98 Å². The summed E-state index contributed by atoms with van der Waals surface area (Å²) in [6.45, 7) is 6.16. The van der Waals surface area contributed by atoms with Gasteiger partial charge >= 0.3 is 0 Å². The average Bonchev–Trinajstić information content (AvgIpc) is 2.61. The fourth-order valence-electron chi connectivity index (χ4n) is 2.46. The third kappa shape index (κ3) is 5.08. The molecule has 0 aliphatic heterocycles. The van der Waals surface area contributed by atoms with E-state index in [0.717, 1.165) is 11.4 Å². The summed E-state index contributed by atoms with van der Waals surface area (Å²) in [5.74, 6) is 1.79. The molecular weight excluding hydrogens is 362 g/mol. The Kier molecular flexibility index (Phi) is 5.46. The van der Waals surface area contributed by atoms with Crippen LogP contribution >= 0.6 is 11.6 Å². The Morgan fingerprint density at radius 3 is 2.48 bits per heavy atom. The van der Waals surface area contributed by atoms with Gasteiger partial charge in [-0.1, -0.05) is 17.7 Å². The molecule has 0 radical (unpaired) electrons. The second-order valence-corrected chi connectivity index (χ2v) is 7.46. The number of hydrogen-bond donors (Lipinski definition) is 2. The van der Waals surface area contributed by atoms with Crippen molar-refractivity contribution in [3.05, 3.63) is 53.7 Å². The minimum absolute atomic E-state index is 0.187. The van der Waals surface area contributed by atoms with E-state index in [2.05, 4.69) is 46.4 Å². The van der Waals surface area contributed by atoms with Crippen LogP contribution in [0.2, 0.25) is 5.02 Å². The van der Waals surface area contributed by atoms with E-state index in [4.69, 9.17) is 16.3 Å². The van der Waals surface area contributed by atoms with Gasteiger partial charge in [0, 0.05) is 22.8 Å². The molecule has 0 fully saturated rings. The first-order valence-electron chi connectivity index (χ1n) is 8.53. The lowest BCUT2D eigenvalue weighted by Gasteiger charge is -2.21. The summed E-state index contributed by atoms with van der Waals surface area (Å²) in [6, 6.07) is 12.9. The van der Waals surface area contributed by atoms with Crippen molar-refractivity contribution in [2.24, 2.45) is 0 Å². The molecule has 2 heterocycles. The van der Waals surface area contributed by atoms with Gasteiger partial charge in [0.1, 0.15) is 11.6 Å². The van der Waals surface area contributed by atoms with Crippen molar-refractivity contribution in [3.8, 4) is 17.1 Å². The Bertz CT molecular complexity index is 925. The van der Waals surface area contributed by atoms with Gasteiger partial charge in [0.25, 0.3) is 0 Å². The van der Waals surface area contributed by atoms with Crippen molar-refractivity contribution in [3.63, 3.8) is 0 Å². The normalized spacial score (nSPS) is 11.1. The van der Waals surface area contributed by atoms with E-state index in [-0.39, 0.29) is 5.54 Å². The van der Waals surface area contributed by atoms with Crippen molar-refractivity contribution >= 4 is 29.1 Å². The molecule has 0 amide bonds. The summed E-state index contributed by atoms with van der Waals surface area (Å²) in [5.41, 5.74) is 2.00. The molecule has 1 aromatic carbocycles. The molecule has 0 unspecified atom stereocenters. The smallest absolute Gasteiger partial charge is 0.225 e. The summed E-state index contributed by atoms with van der Waals surface area (Å²) in [4.78, 5) is 13.6. The van der Waals surface area contributed by atoms with Crippen molar-refractivity contribution in [2.45, 2.75) is 26.3 Å². The predicted octanol–water partition coefficient (Wildman–Crippen LogP) is 5.15. The van der Waals surface area contributed by atoms with Crippen LogP contribution in [0.15, 0.2) is 48.7 Å². The molecule has 27 heavy (non-hydrogen) atoms. The first kappa shape index (κ1) is 18.9. The van der Waals surface area contributed by atoms with E-state index in [9.17, 15) is 0 Å². The van der Waals surface area contributed by atoms with Crippen molar-refractivity contribution in [2.75, 3.05) is 17.7 Å². The van der Waals surface area contributed by atoms with Gasteiger partial charge in [-0.3, -0.25) is 4.98 Å². The summed E-state index contributed by atoms with van der Waals surface area (Å²) in [6.07, 6.45) is 1.74. The largest absolute Gasteiger partial charge is 0.495 e. The number of anilines is 3. The van der Waals surface area contributed by atoms with Crippen LogP contribution in [0.4, 0.5) is 17.5 Å². The second kappa shape index (κ2) is 7.80. The molecule has 0 bridgehead atoms. The number of pyridine rings is 1. The predicted molar refractivity (Wildman–Crippen MR) is 110 cm³/mol. The van der Waals surface area contributed by atoms with Crippen molar-refractivity contribution < 1.29 is 4.74 Å². The van der Waals surface area contributed by atoms with E-state index in [1.165, 1.54) is 0 Å². The van der Waals surface area contributed by atoms with E-state index in [1.54, 1.807) is 31.5 Å². The quantitative estimate of drug-likeness (QED) is 0.634. The maximum atomic E-state index is 6.13. The minimum Gasteiger partial charge on any atom is -0.495 e. The van der Waals surface area contributed by atoms with Crippen LogP contribution < -0.4 is 15.4 Å². The van der Waals surface area contributed by atoms with Gasteiger partial charge in [-0.15, -0.1) is 0 Å². The van der Waals surface area contributed by atoms with Crippen LogP contribution in [0.5, 0.6) is 5.75 Å². The lowest BCUT2D eigenvalue weighted by molar-refractivity contribution is 0.417. The summed E-state index contributed by atoms with van der Waals surface area (Å²) < 4.78 is 5.41. The molecule has 3 aromatic rings. The molecule has 0 aliphatic rings. The third-order valence-electron chi connectivity index (χ3n) is 3.56. The Morgan fingerprint density at radius 2 is 1.81 bits per heavy atom. The number of nitrogens with zero attached hydrogens (tertiary/aromatic N) is 3. The molecule has 140 valence electrons. The van der Waals surface area contributed by atoms with Crippen LogP contribution in [0.1, 0.15) is 20.8 Å². The van der Waals surface area contributed by atoms with Gasteiger partial charge in [0.15, 0.2) is 0 Å². The van der Waals surface area contributed by atoms with Crippen molar-refractivity contribution in [1.82, 2.24) is 15.0 Å². The molecule has 0 atom stereocenters. The van der Waals surface area contributed by atoms with Gasteiger partial charge in [-0.05, 0) is 51.1 Å². The van der Waals surface area contributed by atoms with Crippen LogP contribution in [0.3, 0.4) is 0 Å². The number of rotatable bonds is 5. The van der Waals surface area contributed by atoms with Crippen LogP contribution in [0.25, 0.3) is 11.4 Å². The standard InChI is InChI=1S/C20H22ClN5O/c1-20(2,3)26-19-24-15(14-7-5-6-10-22-14)12-18(25-19)23-16-11-13(21)8-9-17(16)27-4/h5-12H,1-4H3,(H2,23,24,25,26). The SMILES string of the molecule is COc1ccc(Cl)cc1Nc1cc(-c2ccccn2)nc(NC(C)(C)C)n1. The maximum Gasteiger partial charge on any atom is 0.225 e. The van der Waals surface area contributed by atoms with Gasteiger partial charge in [0.2, 0.25) is 5.95 Å². The molecule has 0 saturated heterocycles. The average molecular weight is 384 g/mol. The number of ether oxygens (including phenoxy) is 1. The molecular formula is C20H22ClN5O. The molecule has 0 spiro atoms. The Balaban J connectivity index is 2.04. The topological polar surface area (TPSA) is 72.0 Å². The Labute approximate surface area is 164 Å². The highest BCUT2D eigenvalue weighted by atomic mass is 35.5. The lowest BCUT2D eigenvalue weighted by Crippen LogP contribution is -2.27. The number of aromatic nitrogens is 3. The van der Waals surface area contributed by atoms with Gasteiger partial charge in [0.05, 0.1) is 24.2 Å². The molecule has 2 N–H and O–H groups in total. The fraction of sp³-hybridized carbons (Fsp3) is 0.250. The van der Waals surface area contributed by atoms with E-state index < -0.39 is 0 Å². The monoisotopic (exact) mass is 383 g/mol. The van der Waals surface area contributed by atoms with Crippen LogP contribution in [-0.2, 0) is 0 Å². The van der Waals surface area contributed by atoms with Gasteiger partial charge < -0.3 is 15.4 Å².